The molecule has 0 amide bonds. The number of carbonyl (C=O) groups excluding carboxylic acids is 2. The lowest BCUT2D eigenvalue weighted by molar-refractivity contribution is -0.146. The van der Waals surface area contributed by atoms with Gasteiger partial charge in [0.2, 0.25) is 5.78 Å². The Morgan fingerprint density at radius 1 is 1.03 bits per heavy atom. The van der Waals surface area contributed by atoms with Gasteiger partial charge in [-0.05, 0) is 25.1 Å². The minimum Gasteiger partial charge on any atom is -0.454 e. The number of esters is 1. The highest BCUT2D eigenvalue weighted by Crippen LogP contribution is 2.20. The van der Waals surface area contributed by atoms with E-state index in [1.165, 1.54) is 11.5 Å². The number of nitrogens with one attached hydrogen (secondary N) is 2. The number of carbonyl (C=O) groups is 2. The summed E-state index contributed by atoms with van der Waals surface area (Å²) in [6, 6.07) is 14.0. The average molecular weight is 405 g/mol. The Morgan fingerprint density at radius 2 is 1.73 bits per heavy atom. The molecule has 0 saturated heterocycles. The Hall–Kier alpha value is -3.94. The van der Waals surface area contributed by atoms with Crippen LogP contribution in [0, 0.1) is 0 Å². The fourth-order valence-electron chi connectivity index (χ4n) is 3.47. The fourth-order valence-corrected chi connectivity index (χ4v) is 3.47. The monoisotopic (exact) mass is 405 g/mol. The van der Waals surface area contributed by atoms with Gasteiger partial charge in [-0.3, -0.25) is 23.9 Å². The first-order valence-corrected chi connectivity index (χ1v) is 9.47. The van der Waals surface area contributed by atoms with Gasteiger partial charge in [0.15, 0.2) is 6.10 Å². The van der Waals surface area contributed by atoms with Gasteiger partial charge in [0, 0.05) is 29.2 Å². The van der Waals surface area contributed by atoms with Crippen LogP contribution in [0.1, 0.15) is 23.7 Å². The van der Waals surface area contributed by atoms with Gasteiger partial charge in [-0.1, -0.05) is 30.3 Å². The molecular weight excluding hydrogens is 386 g/mol. The van der Waals surface area contributed by atoms with E-state index in [4.69, 9.17) is 4.74 Å². The zero-order chi connectivity index (χ0) is 21.3. The van der Waals surface area contributed by atoms with E-state index in [9.17, 15) is 19.2 Å². The molecule has 0 fully saturated rings. The molecule has 30 heavy (non-hydrogen) atoms. The van der Waals surface area contributed by atoms with E-state index in [1.807, 2.05) is 24.3 Å². The number of benzene rings is 2. The molecule has 0 radical (unpaired) electrons. The summed E-state index contributed by atoms with van der Waals surface area (Å²) in [5.41, 5.74) is 0.626. The number of fused-ring (bicyclic) bond motifs is 2. The van der Waals surface area contributed by atoms with Crippen molar-refractivity contribution in [3.05, 3.63) is 81.1 Å². The lowest BCUT2D eigenvalue weighted by Crippen LogP contribution is -2.31. The minimum absolute atomic E-state index is 0.0168. The summed E-state index contributed by atoms with van der Waals surface area (Å²) in [6.45, 7) is 1.53. The van der Waals surface area contributed by atoms with Crippen molar-refractivity contribution < 1.29 is 14.3 Å². The number of rotatable bonds is 6. The Balaban J connectivity index is 1.47. The Morgan fingerprint density at radius 3 is 2.53 bits per heavy atom. The zero-order valence-electron chi connectivity index (χ0n) is 16.2. The Labute approximate surface area is 170 Å². The van der Waals surface area contributed by atoms with Gasteiger partial charge in [-0.25, -0.2) is 4.79 Å². The highest BCUT2D eigenvalue weighted by atomic mass is 16.5. The molecule has 0 saturated carbocycles. The van der Waals surface area contributed by atoms with Gasteiger partial charge in [0.05, 0.1) is 17.3 Å². The van der Waals surface area contributed by atoms with Gasteiger partial charge >= 0.3 is 11.7 Å². The molecule has 0 spiro atoms. The summed E-state index contributed by atoms with van der Waals surface area (Å²) in [6.07, 6.45) is 0.505. The second-order valence-electron chi connectivity index (χ2n) is 6.92. The molecule has 2 heterocycles. The average Bonchev–Trinajstić information content (AvgIpc) is 3.17. The van der Waals surface area contributed by atoms with Crippen LogP contribution in [0.5, 0.6) is 0 Å². The first-order chi connectivity index (χ1) is 14.5. The van der Waals surface area contributed by atoms with E-state index in [2.05, 4.69) is 9.97 Å². The van der Waals surface area contributed by atoms with E-state index in [-0.39, 0.29) is 18.7 Å². The molecule has 2 N–H and O–H groups in total. The number of hydrogen-bond donors (Lipinski definition) is 2. The van der Waals surface area contributed by atoms with Crippen molar-refractivity contribution >= 4 is 33.6 Å². The first kappa shape index (κ1) is 19.4. The summed E-state index contributed by atoms with van der Waals surface area (Å²) in [5.74, 6) is -0.926. The lowest BCUT2D eigenvalue weighted by Gasteiger charge is -2.13. The maximum absolute atomic E-state index is 12.7. The largest absolute Gasteiger partial charge is 0.454 e. The fraction of sp³-hybridized carbons (Fsp3) is 0.182. The number of para-hydroxylation sites is 2. The van der Waals surface area contributed by atoms with E-state index in [0.29, 0.717) is 16.5 Å². The van der Waals surface area contributed by atoms with Crippen LogP contribution in [-0.2, 0) is 16.1 Å². The number of nitrogens with zero attached hydrogens (tertiary/aromatic N) is 1. The molecule has 0 bridgehead atoms. The number of aryl methyl sites for hydroxylation is 1. The molecule has 2 aromatic heterocycles. The molecule has 4 rings (SSSR count). The van der Waals surface area contributed by atoms with Crippen LogP contribution in [-0.4, -0.2) is 32.4 Å². The third kappa shape index (κ3) is 3.55. The number of aromatic nitrogens is 3. The molecule has 8 heteroatoms. The van der Waals surface area contributed by atoms with Gasteiger partial charge in [0.1, 0.15) is 0 Å². The van der Waals surface area contributed by atoms with E-state index < -0.39 is 23.3 Å². The Kier molecular flexibility index (Phi) is 5.05. The van der Waals surface area contributed by atoms with Crippen LogP contribution in [0.4, 0.5) is 0 Å². The molecule has 8 nitrogen and oxygen atoms in total. The van der Waals surface area contributed by atoms with Crippen molar-refractivity contribution in [1.29, 1.82) is 0 Å². The van der Waals surface area contributed by atoms with Gasteiger partial charge in [0.25, 0.3) is 5.56 Å². The highest BCUT2D eigenvalue weighted by molar-refractivity contribution is 6.10. The van der Waals surface area contributed by atoms with Gasteiger partial charge < -0.3 is 9.72 Å². The number of Topliss-reactive ketones (excluding diaryl/α,β-unsaturated/α-hetero) is 1. The van der Waals surface area contributed by atoms with Crippen LogP contribution in [0.15, 0.2) is 64.3 Å². The maximum Gasteiger partial charge on any atom is 0.328 e. The van der Waals surface area contributed by atoms with Crippen molar-refractivity contribution in [2.24, 2.45) is 0 Å². The standard InChI is InChI=1S/C22H19N3O5/c1-13(20(27)16-12-23-17-8-4-2-6-14(16)17)30-19(26)10-11-25-18-9-5-3-7-15(18)21(28)24-22(25)29/h2-9,12-13,23H,10-11H2,1H3,(H,24,28,29)/t13-/m1/s1. The van der Waals surface area contributed by atoms with E-state index in [0.717, 1.165) is 10.9 Å². The molecule has 0 aliphatic heterocycles. The minimum atomic E-state index is -0.972. The topological polar surface area (TPSA) is 114 Å². The van der Waals surface area contributed by atoms with E-state index in [1.54, 1.807) is 30.5 Å². The van der Waals surface area contributed by atoms with Crippen LogP contribution in [0.3, 0.4) is 0 Å². The van der Waals surface area contributed by atoms with Crippen LogP contribution in [0.25, 0.3) is 21.8 Å². The quantitative estimate of drug-likeness (QED) is 0.378. The predicted molar refractivity (Wildman–Crippen MR) is 112 cm³/mol. The smallest absolute Gasteiger partial charge is 0.328 e. The molecule has 2 aromatic carbocycles. The van der Waals surface area contributed by atoms with Crippen molar-refractivity contribution in [2.75, 3.05) is 0 Å². The molecule has 0 aliphatic rings. The van der Waals surface area contributed by atoms with Crippen molar-refractivity contribution in [1.82, 2.24) is 14.5 Å². The highest BCUT2D eigenvalue weighted by Gasteiger charge is 2.22. The predicted octanol–water partition coefficient (Wildman–Crippen LogP) is 2.38. The molecular formula is C22H19N3O5. The summed E-state index contributed by atoms with van der Waals surface area (Å²) in [4.78, 5) is 54.4. The van der Waals surface area contributed by atoms with Crippen molar-refractivity contribution in [2.45, 2.75) is 26.0 Å². The van der Waals surface area contributed by atoms with Crippen molar-refractivity contribution in [3.8, 4) is 0 Å². The summed E-state index contributed by atoms with van der Waals surface area (Å²) >= 11 is 0. The summed E-state index contributed by atoms with van der Waals surface area (Å²) < 4.78 is 6.60. The number of ketones is 1. The molecule has 0 unspecified atom stereocenters. The number of H-pyrrole nitrogens is 2. The van der Waals surface area contributed by atoms with Crippen LogP contribution < -0.4 is 11.2 Å². The number of ether oxygens (including phenoxy) is 1. The number of hydrogen-bond acceptors (Lipinski definition) is 5. The lowest BCUT2D eigenvalue weighted by atomic mass is 10.1. The van der Waals surface area contributed by atoms with Crippen LogP contribution >= 0.6 is 0 Å². The summed E-state index contributed by atoms with van der Waals surface area (Å²) in [7, 11) is 0. The normalized spacial score (nSPS) is 12.2. The zero-order valence-corrected chi connectivity index (χ0v) is 16.2. The van der Waals surface area contributed by atoms with Gasteiger partial charge in [-0.15, -0.1) is 0 Å². The maximum atomic E-state index is 12.7. The summed E-state index contributed by atoms with van der Waals surface area (Å²) in [5, 5.41) is 1.12. The first-order valence-electron chi connectivity index (χ1n) is 9.47. The second kappa shape index (κ2) is 7.82. The number of aromatic amines is 2. The third-order valence-corrected chi connectivity index (χ3v) is 4.98. The van der Waals surface area contributed by atoms with Crippen molar-refractivity contribution in [3.63, 3.8) is 0 Å². The molecule has 152 valence electrons. The molecule has 4 aromatic rings. The second-order valence-corrected chi connectivity index (χ2v) is 6.92. The third-order valence-electron chi connectivity index (χ3n) is 4.98. The van der Waals surface area contributed by atoms with Crippen LogP contribution in [0.2, 0.25) is 0 Å². The molecule has 1 atom stereocenters. The van der Waals surface area contributed by atoms with E-state index >= 15 is 0 Å². The SMILES string of the molecule is C[C@@H](OC(=O)CCn1c(=O)[nH]c(=O)c2ccccc21)C(=O)c1c[nH]c2ccccc12. The van der Waals surface area contributed by atoms with Gasteiger partial charge in [-0.2, -0.15) is 0 Å². The molecule has 0 aliphatic carbocycles. The Bertz CT molecular complexity index is 1380.